The molecule has 0 aliphatic carbocycles. The third kappa shape index (κ3) is 5.55. The van der Waals surface area contributed by atoms with Crippen LogP contribution >= 0.6 is 11.8 Å². The van der Waals surface area contributed by atoms with Crippen molar-refractivity contribution >= 4 is 40.4 Å². The highest BCUT2D eigenvalue weighted by atomic mass is 32.2. The lowest BCUT2D eigenvalue weighted by Gasteiger charge is -2.14. The van der Waals surface area contributed by atoms with Crippen LogP contribution in [0.5, 0.6) is 0 Å². The number of fused-ring (bicyclic) bond motifs is 1. The number of esters is 1. The standard InChI is InChI=1S/C31H24N2O3S/c1-37-27-14-8-13-25(22-11-6-3-7-12-22)29(27)30(34)33-28-18-16-23-19-24(15-17-26(23)32-28)31(35)36-20-21-9-4-2-5-10-21/h2-19H,20H2,1H3,(H,32,33,34). The summed E-state index contributed by atoms with van der Waals surface area (Å²) in [5, 5.41) is 3.74. The number of hydrogen-bond acceptors (Lipinski definition) is 5. The number of rotatable bonds is 7. The summed E-state index contributed by atoms with van der Waals surface area (Å²) in [6.07, 6.45) is 1.96. The molecular formula is C31H24N2O3S. The summed E-state index contributed by atoms with van der Waals surface area (Å²) in [6.45, 7) is 0.212. The molecule has 0 bridgehead atoms. The minimum Gasteiger partial charge on any atom is -0.457 e. The third-order valence-corrected chi connectivity index (χ3v) is 6.72. The van der Waals surface area contributed by atoms with Crippen molar-refractivity contribution in [3.05, 3.63) is 126 Å². The molecule has 0 aliphatic heterocycles. The molecule has 0 saturated carbocycles. The van der Waals surface area contributed by atoms with Gasteiger partial charge in [-0.1, -0.05) is 72.8 Å². The highest BCUT2D eigenvalue weighted by Crippen LogP contribution is 2.31. The summed E-state index contributed by atoms with van der Waals surface area (Å²) in [4.78, 5) is 31.5. The number of carbonyl (C=O) groups is 2. The summed E-state index contributed by atoms with van der Waals surface area (Å²) in [5.74, 6) is -0.186. The molecule has 0 radical (unpaired) electrons. The van der Waals surface area contributed by atoms with Crippen LogP contribution in [0.25, 0.3) is 22.0 Å². The topological polar surface area (TPSA) is 68.3 Å². The summed E-state index contributed by atoms with van der Waals surface area (Å²) in [5.41, 5.74) is 4.49. The lowest BCUT2D eigenvalue weighted by atomic mass is 9.99. The van der Waals surface area contributed by atoms with Gasteiger partial charge in [0.1, 0.15) is 12.4 Å². The normalized spacial score (nSPS) is 10.7. The number of hydrogen-bond donors (Lipinski definition) is 1. The molecule has 0 atom stereocenters. The van der Waals surface area contributed by atoms with E-state index in [1.54, 1.807) is 24.3 Å². The van der Waals surface area contributed by atoms with Crippen molar-refractivity contribution in [2.24, 2.45) is 0 Å². The quantitative estimate of drug-likeness (QED) is 0.187. The Bertz CT molecular complexity index is 1570. The van der Waals surface area contributed by atoms with Crippen LogP contribution in [-0.2, 0) is 11.3 Å². The number of pyridine rings is 1. The number of carbonyl (C=O) groups excluding carboxylic acids is 2. The largest absolute Gasteiger partial charge is 0.457 e. The van der Waals surface area contributed by atoms with Gasteiger partial charge in [0.05, 0.1) is 16.6 Å². The van der Waals surface area contributed by atoms with Gasteiger partial charge in [-0.05, 0) is 59.3 Å². The van der Waals surface area contributed by atoms with Crippen molar-refractivity contribution in [3.8, 4) is 11.1 Å². The van der Waals surface area contributed by atoms with E-state index in [9.17, 15) is 9.59 Å². The Morgan fingerprint density at radius 1 is 0.838 bits per heavy atom. The number of thioether (sulfide) groups is 1. The molecule has 0 fully saturated rings. The first-order valence-corrected chi connectivity index (χ1v) is 13.0. The number of nitrogens with zero attached hydrogens (tertiary/aromatic N) is 1. The molecule has 6 heteroatoms. The van der Waals surface area contributed by atoms with Crippen LogP contribution in [0.15, 0.2) is 114 Å². The van der Waals surface area contributed by atoms with E-state index in [-0.39, 0.29) is 12.5 Å². The summed E-state index contributed by atoms with van der Waals surface area (Å²) >= 11 is 1.53. The molecule has 5 rings (SSSR count). The molecule has 1 aromatic heterocycles. The van der Waals surface area contributed by atoms with Gasteiger partial charge < -0.3 is 10.1 Å². The van der Waals surface area contributed by atoms with Gasteiger partial charge in [0.25, 0.3) is 5.91 Å². The second-order valence-electron chi connectivity index (χ2n) is 8.37. The third-order valence-electron chi connectivity index (χ3n) is 5.94. The van der Waals surface area contributed by atoms with Gasteiger partial charge in [-0.3, -0.25) is 4.79 Å². The van der Waals surface area contributed by atoms with Crippen molar-refractivity contribution < 1.29 is 14.3 Å². The van der Waals surface area contributed by atoms with Crippen LogP contribution in [-0.4, -0.2) is 23.1 Å². The molecule has 5 aromatic rings. The lowest BCUT2D eigenvalue weighted by Crippen LogP contribution is -2.15. The van der Waals surface area contributed by atoms with Crippen LogP contribution in [0, 0.1) is 0 Å². The maximum absolute atomic E-state index is 13.4. The van der Waals surface area contributed by atoms with Crippen LogP contribution < -0.4 is 5.32 Å². The molecule has 182 valence electrons. The van der Waals surface area contributed by atoms with E-state index in [1.165, 1.54) is 11.8 Å². The molecule has 0 spiro atoms. The zero-order chi connectivity index (χ0) is 25.6. The van der Waals surface area contributed by atoms with E-state index in [1.807, 2.05) is 91.2 Å². The fourth-order valence-electron chi connectivity index (χ4n) is 4.10. The first-order valence-electron chi connectivity index (χ1n) is 11.8. The van der Waals surface area contributed by atoms with Crippen LogP contribution in [0.2, 0.25) is 0 Å². The Morgan fingerprint density at radius 3 is 2.35 bits per heavy atom. The predicted octanol–water partition coefficient (Wildman–Crippen LogP) is 7.23. The Balaban J connectivity index is 1.36. The smallest absolute Gasteiger partial charge is 0.338 e. The molecule has 0 aliphatic rings. The fraction of sp³-hybridized carbons (Fsp3) is 0.0645. The second-order valence-corrected chi connectivity index (χ2v) is 9.22. The molecule has 0 unspecified atom stereocenters. The highest BCUT2D eigenvalue weighted by molar-refractivity contribution is 7.98. The number of benzene rings is 4. The van der Waals surface area contributed by atoms with E-state index in [0.717, 1.165) is 27.0 Å². The Kier molecular flexibility index (Phi) is 7.28. The maximum atomic E-state index is 13.4. The molecule has 1 amide bonds. The summed E-state index contributed by atoms with van der Waals surface area (Å²) < 4.78 is 5.44. The Morgan fingerprint density at radius 2 is 1.59 bits per heavy atom. The van der Waals surface area contributed by atoms with Crippen molar-refractivity contribution in [2.75, 3.05) is 11.6 Å². The van der Waals surface area contributed by atoms with E-state index in [2.05, 4.69) is 10.3 Å². The van der Waals surface area contributed by atoms with Crippen LogP contribution in [0.1, 0.15) is 26.3 Å². The van der Waals surface area contributed by atoms with Gasteiger partial charge in [-0.15, -0.1) is 11.8 Å². The number of aromatic nitrogens is 1. The van der Waals surface area contributed by atoms with Gasteiger partial charge in [-0.25, -0.2) is 9.78 Å². The average Bonchev–Trinajstić information content (AvgIpc) is 2.96. The number of anilines is 1. The summed E-state index contributed by atoms with van der Waals surface area (Å²) in [7, 11) is 0. The molecule has 1 heterocycles. The first kappa shape index (κ1) is 24.3. The zero-order valence-electron chi connectivity index (χ0n) is 20.2. The minimum absolute atomic E-state index is 0.212. The van der Waals surface area contributed by atoms with Gasteiger partial charge >= 0.3 is 5.97 Å². The maximum Gasteiger partial charge on any atom is 0.338 e. The van der Waals surface area contributed by atoms with Crippen molar-refractivity contribution in [3.63, 3.8) is 0 Å². The lowest BCUT2D eigenvalue weighted by molar-refractivity contribution is 0.0473. The molecule has 0 saturated heterocycles. The second kappa shape index (κ2) is 11.1. The van der Waals surface area contributed by atoms with E-state index >= 15 is 0 Å². The van der Waals surface area contributed by atoms with E-state index < -0.39 is 5.97 Å². The van der Waals surface area contributed by atoms with Gasteiger partial charge in [0.2, 0.25) is 0 Å². The van der Waals surface area contributed by atoms with Gasteiger partial charge in [0.15, 0.2) is 0 Å². The van der Waals surface area contributed by atoms with Crippen LogP contribution in [0.3, 0.4) is 0 Å². The molecule has 37 heavy (non-hydrogen) atoms. The number of nitrogens with one attached hydrogen (secondary N) is 1. The highest BCUT2D eigenvalue weighted by Gasteiger charge is 2.18. The molecular weight excluding hydrogens is 480 g/mol. The van der Waals surface area contributed by atoms with E-state index in [4.69, 9.17) is 4.74 Å². The Labute approximate surface area is 219 Å². The van der Waals surface area contributed by atoms with Gasteiger partial charge in [0, 0.05) is 10.3 Å². The monoisotopic (exact) mass is 504 g/mol. The van der Waals surface area contributed by atoms with Crippen molar-refractivity contribution in [1.29, 1.82) is 0 Å². The molecule has 4 aromatic carbocycles. The fourth-order valence-corrected chi connectivity index (χ4v) is 4.72. The number of ether oxygens (including phenoxy) is 1. The van der Waals surface area contributed by atoms with Crippen LogP contribution in [0.4, 0.5) is 5.82 Å². The first-order chi connectivity index (χ1) is 18.1. The predicted molar refractivity (Wildman–Crippen MR) is 149 cm³/mol. The molecule has 5 nitrogen and oxygen atoms in total. The SMILES string of the molecule is CSc1cccc(-c2ccccc2)c1C(=O)Nc1ccc2cc(C(=O)OCc3ccccc3)ccc2n1. The Hall–Kier alpha value is -4.42. The van der Waals surface area contributed by atoms with Crippen molar-refractivity contribution in [1.82, 2.24) is 4.98 Å². The average molecular weight is 505 g/mol. The summed E-state index contributed by atoms with van der Waals surface area (Å²) in [6, 6.07) is 34.0. The minimum atomic E-state index is -0.398. The van der Waals surface area contributed by atoms with E-state index in [0.29, 0.717) is 22.5 Å². The van der Waals surface area contributed by atoms with Gasteiger partial charge in [-0.2, -0.15) is 0 Å². The number of amides is 1. The molecule has 1 N–H and O–H groups in total. The van der Waals surface area contributed by atoms with Crippen molar-refractivity contribution in [2.45, 2.75) is 11.5 Å². The zero-order valence-corrected chi connectivity index (χ0v) is 21.0.